The third kappa shape index (κ3) is 3.08. The van der Waals surface area contributed by atoms with Gasteiger partial charge in [0.15, 0.2) is 0 Å². The summed E-state index contributed by atoms with van der Waals surface area (Å²) in [6.07, 6.45) is 1.01. The predicted octanol–water partition coefficient (Wildman–Crippen LogP) is 3.35. The minimum absolute atomic E-state index is 0.154. The molecule has 0 aliphatic carbocycles. The molecular weight excluding hydrogens is 218 g/mol. The van der Waals surface area contributed by atoms with Crippen molar-refractivity contribution in [2.45, 2.75) is 34.1 Å². The van der Waals surface area contributed by atoms with Crippen molar-refractivity contribution in [3.8, 4) is 0 Å². The Kier molecular flexibility index (Phi) is 4.54. The summed E-state index contributed by atoms with van der Waals surface area (Å²) in [6.45, 7) is 9.28. The van der Waals surface area contributed by atoms with Crippen LogP contribution in [-0.4, -0.2) is 24.4 Å². The molecule has 0 saturated heterocycles. The van der Waals surface area contributed by atoms with Gasteiger partial charge in [0.05, 0.1) is 4.88 Å². The first kappa shape index (κ1) is 13.2. The lowest BCUT2D eigenvalue weighted by molar-refractivity contribution is 0.0784. The molecule has 2 nitrogen and oxygen atoms in total. The molecule has 0 atom stereocenters. The van der Waals surface area contributed by atoms with Crippen LogP contribution in [0.1, 0.15) is 40.9 Å². The van der Waals surface area contributed by atoms with Gasteiger partial charge >= 0.3 is 0 Å². The number of amides is 1. The van der Waals surface area contributed by atoms with Crippen LogP contribution in [0, 0.1) is 12.8 Å². The Morgan fingerprint density at radius 1 is 1.50 bits per heavy atom. The second-order valence-electron chi connectivity index (χ2n) is 4.65. The number of carbonyl (C=O) groups is 1. The smallest absolute Gasteiger partial charge is 0.263 e. The molecule has 0 aromatic carbocycles. The highest BCUT2D eigenvalue weighted by atomic mass is 32.1. The van der Waals surface area contributed by atoms with E-state index in [1.165, 1.54) is 10.4 Å². The van der Waals surface area contributed by atoms with E-state index in [0.29, 0.717) is 5.92 Å². The van der Waals surface area contributed by atoms with Gasteiger partial charge in [-0.25, -0.2) is 0 Å². The van der Waals surface area contributed by atoms with Gasteiger partial charge in [-0.3, -0.25) is 4.79 Å². The lowest BCUT2D eigenvalue weighted by Gasteiger charge is -2.18. The Labute approximate surface area is 102 Å². The Morgan fingerprint density at radius 2 is 2.12 bits per heavy atom. The molecule has 0 aliphatic heterocycles. The van der Waals surface area contributed by atoms with Crippen LogP contribution in [0.5, 0.6) is 0 Å². The van der Waals surface area contributed by atoms with Crippen LogP contribution in [0.4, 0.5) is 0 Å². The topological polar surface area (TPSA) is 20.3 Å². The summed E-state index contributed by atoms with van der Waals surface area (Å²) < 4.78 is 0. The zero-order valence-corrected chi connectivity index (χ0v) is 11.6. The van der Waals surface area contributed by atoms with Crippen molar-refractivity contribution in [1.82, 2.24) is 4.90 Å². The molecule has 3 heteroatoms. The van der Waals surface area contributed by atoms with Crippen molar-refractivity contribution in [2.24, 2.45) is 5.92 Å². The number of hydrogen-bond acceptors (Lipinski definition) is 2. The fourth-order valence-electron chi connectivity index (χ4n) is 1.79. The van der Waals surface area contributed by atoms with Crippen LogP contribution in [0.3, 0.4) is 0 Å². The minimum Gasteiger partial charge on any atom is -0.341 e. The standard InChI is InChI=1S/C13H21NOS/c1-6-11-10(4)7-12(16-11)13(15)14(5)8-9(2)3/h7,9H,6,8H2,1-5H3. The Bertz CT molecular complexity index is 368. The molecule has 1 aromatic rings. The average molecular weight is 239 g/mol. The molecule has 1 aromatic heterocycles. The van der Waals surface area contributed by atoms with E-state index in [0.717, 1.165) is 17.8 Å². The molecule has 1 amide bonds. The molecule has 0 fully saturated rings. The molecule has 0 N–H and O–H groups in total. The van der Waals surface area contributed by atoms with E-state index in [-0.39, 0.29) is 5.91 Å². The van der Waals surface area contributed by atoms with Crippen molar-refractivity contribution in [3.05, 3.63) is 21.4 Å². The van der Waals surface area contributed by atoms with E-state index in [1.54, 1.807) is 11.3 Å². The average Bonchev–Trinajstić information content (AvgIpc) is 2.57. The van der Waals surface area contributed by atoms with Crippen LogP contribution in [0.25, 0.3) is 0 Å². The number of rotatable bonds is 4. The predicted molar refractivity (Wildman–Crippen MR) is 70.2 cm³/mol. The maximum absolute atomic E-state index is 12.1. The number of thiophene rings is 1. The second-order valence-corrected chi connectivity index (χ2v) is 5.79. The molecular formula is C13H21NOS. The van der Waals surface area contributed by atoms with E-state index >= 15 is 0 Å². The summed E-state index contributed by atoms with van der Waals surface area (Å²) in [5.74, 6) is 0.669. The molecule has 1 rings (SSSR count). The number of aryl methyl sites for hydroxylation is 2. The fourth-order valence-corrected chi connectivity index (χ4v) is 2.90. The van der Waals surface area contributed by atoms with Crippen LogP contribution in [0.15, 0.2) is 6.07 Å². The van der Waals surface area contributed by atoms with Crippen molar-refractivity contribution in [1.29, 1.82) is 0 Å². The van der Waals surface area contributed by atoms with Crippen LogP contribution >= 0.6 is 11.3 Å². The van der Waals surface area contributed by atoms with E-state index in [1.807, 2.05) is 18.0 Å². The third-order valence-corrected chi connectivity index (χ3v) is 3.91. The highest BCUT2D eigenvalue weighted by Crippen LogP contribution is 2.23. The van der Waals surface area contributed by atoms with Gasteiger partial charge in [0.1, 0.15) is 0 Å². The van der Waals surface area contributed by atoms with Crippen molar-refractivity contribution >= 4 is 17.2 Å². The maximum atomic E-state index is 12.1. The highest BCUT2D eigenvalue weighted by molar-refractivity contribution is 7.14. The van der Waals surface area contributed by atoms with Gasteiger partial charge in [0, 0.05) is 18.5 Å². The molecule has 0 unspecified atom stereocenters. The first-order chi connectivity index (χ1) is 7.45. The quantitative estimate of drug-likeness (QED) is 0.789. The van der Waals surface area contributed by atoms with Gasteiger partial charge in [-0.15, -0.1) is 11.3 Å². The zero-order valence-electron chi connectivity index (χ0n) is 10.8. The van der Waals surface area contributed by atoms with E-state index in [2.05, 4.69) is 27.7 Å². The summed E-state index contributed by atoms with van der Waals surface area (Å²) in [5.41, 5.74) is 1.24. The maximum Gasteiger partial charge on any atom is 0.263 e. The third-order valence-electron chi connectivity index (χ3n) is 2.54. The molecule has 0 radical (unpaired) electrons. The molecule has 0 bridgehead atoms. The van der Waals surface area contributed by atoms with E-state index in [4.69, 9.17) is 0 Å². The lowest BCUT2D eigenvalue weighted by Crippen LogP contribution is -2.29. The molecule has 0 aliphatic rings. The zero-order chi connectivity index (χ0) is 12.3. The largest absolute Gasteiger partial charge is 0.341 e. The Hall–Kier alpha value is -0.830. The highest BCUT2D eigenvalue weighted by Gasteiger charge is 2.16. The summed E-state index contributed by atoms with van der Waals surface area (Å²) in [7, 11) is 1.88. The van der Waals surface area contributed by atoms with Gasteiger partial charge in [-0.2, -0.15) is 0 Å². The Morgan fingerprint density at radius 3 is 2.56 bits per heavy atom. The molecule has 90 valence electrons. The lowest BCUT2D eigenvalue weighted by atomic mass is 10.2. The van der Waals surface area contributed by atoms with Crippen LogP contribution in [0.2, 0.25) is 0 Å². The second kappa shape index (κ2) is 5.48. The Balaban J connectivity index is 2.79. The van der Waals surface area contributed by atoms with Gasteiger partial charge < -0.3 is 4.90 Å². The molecule has 0 spiro atoms. The van der Waals surface area contributed by atoms with E-state index in [9.17, 15) is 4.79 Å². The normalized spacial score (nSPS) is 10.9. The van der Waals surface area contributed by atoms with Gasteiger partial charge in [-0.05, 0) is 30.9 Å². The minimum atomic E-state index is 0.154. The van der Waals surface area contributed by atoms with Crippen molar-refractivity contribution in [3.63, 3.8) is 0 Å². The summed E-state index contributed by atoms with van der Waals surface area (Å²) in [6, 6.07) is 2.02. The fraction of sp³-hybridized carbons (Fsp3) is 0.615. The van der Waals surface area contributed by atoms with Gasteiger partial charge in [0.25, 0.3) is 5.91 Å². The number of hydrogen-bond donors (Lipinski definition) is 0. The molecule has 1 heterocycles. The van der Waals surface area contributed by atoms with Gasteiger partial charge in [-0.1, -0.05) is 20.8 Å². The molecule has 16 heavy (non-hydrogen) atoms. The summed E-state index contributed by atoms with van der Waals surface area (Å²) in [5, 5.41) is 0. The first-order valence-corrected chi connectivity index (χ1v) is 6.62. The van der Waals surface area contributed by atoms with Crippen molar-refractivity contribution < 1.29 is 4.79 Å². The first-order valence-electron chi connectivity index (χ1n) is 5.80. The summed E-state index contributed by atoms with van der Waals surface area (Å²) in [4.78, 5) is 16.1. The van der Waals surface area contributed by atoms with Gasteiger partial charge in [0.2, 0.25) is 0 Å². The van der Waals surface area contributed by atoms with Crippen molar-refractivity contribution in [2.75, 3.05) is 13.6 Å². The monoisotopic (exact) mass is 239 g/mol. The molecule has 0 saturated carbocycles. The van der Waals surface area contributed by atoms with E-state index < -0.39 is 0 Å². The SMILES string of the molecule is CCc1sc(C(=O)N(C)CC(C)C)cc1C. The number of nitrogens with zero attached hydrogens (tertiary/aromatic N) is 1. The summed E-state index contributed by atoms with van der Waals surface area (Å²) >= 11 is 1.63. The van der Waals surface area contributed by atoms with Crippen LogP contribution < -0.4 is 0 Å². The number of carbonyl (C=O) groups excluding carboxylic acids is 1. The van der Waals surface area contributed by atoms with Crippen LogP contribution in [-0.2, 0) is 6.42 Å².